The molecule has 0 spiro atoms. The number of rotatable bonds is 7. The van der Waals surface area contributed by atoms with Crippen LogP contribution in [-0.2, 0) is 6.54 Å². The van der Waals surface area contributed by atoms with E-state index in [4.69, 9.17) is 21.6 Å². The maximum Gasteiger partial charge on any atom is 0.253 e. The van der Waals surface area contributed by atoms with Crippen molar-refractivity contribution >= 4 is 34.9 Å². The predicted molar refractivity (Wildman–Crippen MR) is 149 cm³/mol. The van der Waals surface area contributed by atoms with Crippen LogP contribution in [0.5, 0.6) is 0 Å². The second-order valence-corrected chi connectivity index (χ2v) is 9.37. The summed E-state index contributed by atoms with van der Waals surface area (Å²) < 4.78 is 14.7. The van der Waals surface area contributed by atoms with Gasteiger partial charge in [-0.25, -0.2) is 14.4 Å². The SMILES string of the molecule is CNCCN(C)C(=O)c1ccc(Nc2ncc3c(n2)-c2ccc(Cl)cc2C(c2ccccc2F)=NC3)cc1. The van der Waals surface area contributed by atoms with Crippen LogP contribution in [0.4, 0.5) is 16.0 Å². The lowest BCUT2D eigenvalue weighted by atomic mass is 9.95. The number of anilines is 2. The van der Waals surface area contributed by atoms with Crippen molar-refractivity contribution in [1.82, 2.24) is 20.2 Å². The molecule has 4 aromatic rings. The minimum absolute atomic E-state index is 0.0472. The van der Waals surface area contributed by atoms with Gasteiger partial charge in [0.25, 0.3) is 5.91 Å². The number of hydrogen-bond acceptors (Lipinski definition) is 6. The van der Waals surface area contributed by atoms with E-state index in [1.54, 1.807) is 60.6 Å². The first-order valence-corrected chi connectivity index (χ1v) is 12.5. The highest BCUT2D eigenvalue weighted by atomic mass is 35.5. The third kappa shape index (κ3) is 5.27. The number of likely N-dealkylation sites (N-methyl/N-ethyl adjacent to an activating group) is 2. The Kier molecular flexibility index (Phi) is 7.44. The lowest BCUT2D eigenvalue weighted by Crippen LogP contribution is -2.32. The number of nitrogens with one attached hydrogen (secondary N) is 2. The Hall–Kier alpha value is -4.14. The Balaban J connectivity index is 1.44. The van der Waals surface area contributed by atoms with Crippen LogP contribution in [-0.4, -0.2) is 53.7 Å². The fraction of sp³-hybridized carbons (Fsp3) is 0.172. The van der Waals surface area contributed by atoms with Gasteiger partial charge in [-0.05, 0) is 55.6 Å². The average Bonchev–Trinajstić information content (AvgIpc) is 3.08. The van der Waals surface area contributed by atoms with Gasteiger partial charge in [-0.3, -0.25) is 9.79 Å². The quantitative estimate of drug-likeness (QED) is 0.339. The van der Waals surface area contributed by atoms with Crippen LogP contribution in [0.15, 0.2) is 77.9 Å². The van der Waals surface area contributed by atoms with Gasteiger partial charge in [-0.1, -0.05) is 29.8 Å². The third-order valence-corrected chi connectivity index (χ3v) is 6.56. The first-order chi connectivity index (χ1) is 18.4. The average molecular weight is 529 g/mol. The molecule has 9 heteroatoms. The first kappa shape index (κ1) is 25.5. The fourth-order valence-corrected chi connectivity index (χ4v) is 4.47. The van der Waals surface area contributed by atoms with Gasteiger partial charge in [0.15, 0.2) is 0 Å². The summed E-state index contributed by atoms with van der Waals surface area (Å²) in [5, 5.41) is 6.78. The number of amides is 1. The van der Waals surface area contributed by atoms with Crippen molar-refractivity contribution in [2.24, 2.45) is 4.99 Å². The van der Waals surface area contributed by atoms with Crippen LogP contribution in [0.3, 0.4) is 0 Å². The van der Waals surface area contributed by atoms with E-state index in [0.717, 1.165) is 23.4 Å². The van der Waals surface area contributed by atoms with E-state index in [9.17, 15) is 9.18 Å². The predicted octanol–water partition coefficient (Wildman–Crippen LogP) is 5.32. The van der Waals surface area contributed by atoms with Gasteiger partial charge in [0.2, 0.25) is 5.95 Å². The Bertz CT molecular complexity index is 1520. The first-order valence-electron chi connectivity index (χ1n) is 12.2. The third-order valence-electron chi connectivity index (χ3n) is 6.32. The minimum Gasteiger partial charge on any atom is -0.340 e. The molecule has 2 heterocycles. The smallest absolute Gasteiger partial charge is 0.253 e. The number of benzene rings is 3. The Morgan fingerprint density at radius 2 is 1.84 bits per heavy atom. The maximum absolute atomic E-state index is 14.7. The minimum atomic E-state index is -0.355. The molecule has 192 valence electrons. The summed E-state index contributed by atoms with van der Waals surface area (Å²) >= 11 is 6.34. The molecule has 5 rings (SSSR count). The highest BCUT2D eigenvalue weighted by Crippen LogP contribution is 2.34. The van der Waals surface area contributed by atoms with E-state index in [1.807, 2.05) is 25.2 Å². The molecule has 7 nitrogen and oxygen atoms in total. The molecule has 0 radical (unpaired) electrons. The van der Waals surface area contributed by atoms with Crippen molar-refractivity contribution in [3.05, 3.63) is 106 Å². The molecule has 0 saturated carbocycles. The van der Waals surface area contributed by atoms with Crippen LogP contribution >= 0.6 is 11.6 Å². The van der Waals surface area contributed by atoms with Crippen LogP contribution < -0.4 is 10.6 Å². The van der Waals surface area contributed by atoms with Crippen LogP contribution in [0.2, 0.25) is 5.02 Å². The molecule has 0 saturated heterocycles. The molecular formula is C29H26ClFN6O. The molecule has 0 unspecified atom stereocenters. The lowest BCUT2D eigenvalue weighted by molar-refractivity contribution is 0.0797. The van der Waals surface area contributed by atoms with Crippen molar-refractivity contribution in [1.29, 1.82) is 0 Å². The zero-order valence-electron chi connectivity index (χ0n) is 21.0. The topological polar surface area (TPSA) is 82.5 Å². The summed E-state index contributed by atoms with van der Waals surface area (Å²) in [6.45, 7) is 1.64. The van der Waals surface area contributed by atoms with E-state index in [-0.39, 0.29) is 11.7 Å². The van der Waals surface area contributed by atoms with Crippen molar-refractivity contribution in [2.45, 2.75) is 6.54 Å². The van der Waals surface area contributed by atoms with Crippen molar-refractivity contribution in [2.75, 3.05) is 32.5 Å². The molecule has 0 aliphatic carbocycles. The summed E-state index contributed by atoms with van der Waals surface area (Å²) in [5.74, 6) is -0.00932. The van der Waals surface area contributed by atoms with E-state index in [0.29, 0.717) is 52.2 Å². The van der Waals surface area contributed by atoms with Gasteiger partial charge in [0.05, 0.1) is 18.0 Å². The molecule has 2 N–H and O–H groups in total. The number of halogens is 2. The van der Waals surface area contributed by atoms with Gasteiger partial charge >= 0.3 is 0 Å². The van der Waals surface area contributed by atoms with Crippen molar-refractivity contribution in [3.8, 4) is 11.3 Å². The zero-order valence-corrected chi connectivity index (χ0v) is 21.8. The van der Waals surface area contributed by atoms with Crippen molar-refractivity contribution in [3.63, 3.8) is 0 Å². The zero-order chi connectivity index (χ0) is 26.6. The Morgan fingerprint density at radius 1 is 1.05 bits per heavy atom. The standard InChI is InChI=1S/C29H26ClFN6O/c1-32-13-14-37(2)28(38)18-7-10-21(11-8-18)35-29-34-17-19-16-33-27(23-5-3-4-6-25(23)31)24-15-20(30)9-12-22(24)26(19)36-29/h3-12,15,17,32H,13-14,16H2,1-2H3,(H,34,35,36). The van der Waals surface area contributed by atoms with E-state index < -0.39 is 0 Å². The van der Waals surface area contributed by atoms with Gasteiger partial charge in [-0.2, -0.15) is 0 Å². The number of carbonyl (C=O) groups excluding carboxylic acids is 1. The highest BCUT2D eigenvalue weighted by Gasteiger charge is 2.23. The highest BCUT2D eigenvalue weighted by molar-refractivity contribution is 6.31. The van der Waals surface area contributed by atoms with E-state index >= 15 is 0 Å². The number of carbonyl (C=O) groups is 1. The maximum atomic E-state index is 14.7. The summed E-state index contributed by atoms with van der Waals surface area (Å²) in [4.78, 5) is 28.3. The van der Waals surface area contributed by atoms with Crippen LogP contribution in [0.25, 0.3) is 11.3 Å². The molecule has 1 amide bonds. The number of hydrogen-bond donors (Lipinski definition) is 2. The number of aromatic nitrogens is 2. The summed E-state index contributed by atoms with van der Waals surface area (Å²) in [5.41, 5.74) is 5.28. The summed E-state index contributed by atoms with van der Waals surface area (Å²) in [6.07, 6.45) is 1.73. The monoisotopic (exact) mass is 528 g/mol. The molecule has 1 aromatic heterocycles. The van der Waals surface area contributed by atoms with Gasteiger partial charge in [0.1, 0.15) is 5.82 Å². The van der Waals surface area contributed by atoms with E-state index in [1.165, 1.54) is 6.07 Å². The summed E-state index contributed by atoms with van der Waals surface area (Å²) in [6, 6.07) is 19.2. The lowest BCUT2D eigenvalue weighted by Gasteiger charge is -2.17. The fourth-order valence-electron chi connectivity index (χ4n) is 4.29. The van der Waals surface area contributed by atoms with E-state index in [2.05, 4.69) is 15.6 Å². The van der Waals surface area contributed by atoms with Gasteiger partial charge in [-0.15, -0.1) is 0 Å². The molecule has 1 aliphatic heterocycles. The van der Waals surface area contributed by atoms with Crippen LogP contribution in [0, 0.1) is 5.82 Å². The molecule has 0 atom stereocenters. The summed E-state index contributed by atoms with van der Waals surface area (Å²) in [7, 11) is 3.63. The molecule has 0 fully saturated rings. The second-order valence-electron chi connectivity index (χ2n) is 8.93. The molecule has 3 aromatic carbocycles. The normalized spacial score (nSPS) is 12.2. The number of nitrogens with zero attached hydrogens (tertiary/aromatic N) is 4. The van der Waals surface area contributed by atoms with Crippen molar-refractivity contribution < 1.29 is 9.18 Å². The molecular weight excluding hydrogens is 503 g/mol. The Morgan fingerprint density at radius 3 is 2.61 bits per heavy atom. The van der Waals surface area contributed by atoms with Crippen LogP contribution in [0.1, 0.15) is 27.0 Å². The van der Waals surface area contributed by atoms with Gasteiger partial charge < -0.3 is 15.5 Å². The van der Waals surface area contributed by atoms with Gasteiger partial charge in [0, 0.05) is 64.9 Å². The molecule has 1 aliphatic rings. The Labute approximate surface area is 225 Å². The molecule has 38 heavy (non-hydrogen) atoms. The number of fused-ring (bicyclic) bond motifs is 3. The molecule has 0 bridgehead atoms. The number of aliphatic imine (C=N–C) groups is 1. The largest absolute Gasteiger partial charge is 0.340 e. The second kappa shape index (κ2) is 11.1.